The van der Waals surface area contributed by atoms with Gasteiger partial charge in [0.25, 0.3) is 0 Å². The molecule has 1 aliphatic carbocycles. The maximum absolute atomic E-state index is 11.2. The highest BCUT2D eigenvalue weighted by Crippen LogP contribution is 2.38. The summed E-state index contributed by atoms with van der Waals surface area (Å²) in [5.41, 5.74) is 5.75. The van der Waals surface area contributed by atoms with E-state index in [1.807, 2.05) is 23.0 Å². The van der Waals surface area contributed by atoms with Crippen molar-refractivity contribution < 1.29 is 14.6 Å². The standard InChI is InChI=1S/C22H29N5O3SSi/c1-32(2,3)10-9-30-14-27-12-18(21-26-24-13-31-21)19-17(7-8-23-20(19)27)15-5-4-6-16(11-15)25-22(28)29/h5,7-8,12-13,16,25H,4,6,9-11,14H2,1-3H3,(H,28,29). The lowest BCUT2D eigenvalue weighted by molar-refractivity contribution is 0.0899. The molecule has 0 saturated heterocycles. The summed E-state index contributed by atoms with van der Waals surface area (Å²) >= 11 is 1.49. The first-order valence-electron chi connectivity index (χ1n) is 10.8. The van der Waals surface area contributed by atoms with Gasteiger partial charge in [0.05, 0.1) is 0 Å². The van der Waals surface area contributed by atoms with Crippen LogP contribution in [0.3, 0.4) is 0 Å². The van der Waals surface area contributed by atoms with Crippen molar-refractivity contribution in [3.8, 4) is 10.6 Å². The highest BCUT2D eigenvalue weighted by molar-refractivity contribution is 7.12. The number of nitrogens with zero attached hydrogens (tertiary/aromatic N) is 4. The molecule has 8 nitrogen and oxygen atoms in total. The van der Waals surface area contributed by atoms with Gasteiger partial charge in [0.2, 0.25) is 0 Å². The molecular weight excluding hydrogens is 442 g/mol. The number of rotatable bonds is 8. The van der Waals surface area contributed by atoms with Crippen LogP contribution in [0, 0.1) is 0 Å². The van der Waals surface area contributed by atoms with Crippen molar-refractivity contribution in [2.75, 3.05) is 6.61 Å². The number of carbonyl (C=O) groups is 1. The maximum atomic E-state index is 11.2. The summed E-state index contributed by atoms with van der Waals surface area (Å²) in [5.74, 6) is 0. The third kappa shape index (κ3) is 5.25. The number of fused-ring (bicyclic) bond motifs is 1. The molecule has 170 valence electrons. The van der Waals surface area contributed by atoms with E-state index in [0.29, 0.717) is 13.2 Å². The fourth-order valence-corrected chi connectivity index (χ4v) is 5.33. The van der Waals surface area contributed by atoms with Crippen LogP contribution in [0.25, 0.3) is 27.2 Å². The predicted molar refractivity (Wildman–Crippen MR) is 130 cm³/mol. The van der Waals surface area contributed by atoms with Gasteiger partial charge in [-0.25, -0.2) is 9.78 Å². The van der Waals surface area contributed by atoms with Crippen molar-refractivity contribution in [2.24, 2.45) is 0 Å². The molecule has 10 heteroatoms. The van der Waals surface area contributed by atoms with Crippen molar-refractivity contribution in [2.45, 2.75) is 57.7 Å². The van der Waals surface area contributed by atoms with E-state index in [4.69, 9.17) is 9.84 Å². The zero-order valence-electron chi connectivity index (χ0n) is 18.7. The lowest BCUT2D eigenvalue weighted by atomic mass is 9.89. The van der Waals surface area contributed by atoms with Crippen molar-refractivity contribution in [3.63, 3.8) is 0 Å². The van der Waals surface area contributed by atoms with Gasteiger partial charge in [-0.05, 0) is 42.5 Å². The van der Waals surface area contributed by atoms with E-state index >= 15 is 0 Å². The van der Waals surface area contributed by atoms with E-state index in [-0.39, 0.29) is 6.04 Å². The van der Waals surface area contributed by atoms with E-state index in [0.717, 1.165) is 58.2 Å². The highest BCUT2D eigenvalue weighted by Gasteiger charge is 2.23. The van der Waals surface area contributed by atoms with Gasteiger partial charge >= 0.3 is 6.09 Å². The minimum atomic E-state index is -1.16. The molecule has 0 saturated carbocycles. The molecule has 0 aliphatic heterocycles. The summed E-state index contributed by atoms with van der Waals surface area (Å²) in [6.45, 7) is 8.18. The molecule has 1 atom stereocenters. The molecule has 4 rings (SSSR count). The first kappa shape index (κ1) is 22.6. The molecule has 1 aliphatic rings. The van der Waals surface area contributed by atoms with Crippen LogP contribution >= 0.6 is 11.3 Å². The van der Waals surface area contributed by atoms with Crippen molar-refractivity contribution in [1.29, 1.82) is 0 Å². The molecule has 3 aromatic heterocycles. The van der Waals surface area contributed by atoms with Crippen LogP contribution in [0.1, 0.15) is 24.8 Å². The quantitative estimate of drug-likeness (QED) is 0.351. The van der Waals surface area contributed by atoms with Crippen LogP contribution in [0.4, 0.5) is 4.79 Å². The SMILES string of the molecule is C[Si](C)(C)CCOCn1cc(-c2nncs2)c2c(C3=CCCC(NC(=O)O)C3)ccnc21. The number of nitrogens with one attached hydrogen (secondary N) is 1. The number of ether oxygens (including phenoxy) is 1. The van der Waals surface area contributed by atoms with Crippen molar-refractivity contribution in [1.82, 2.24) is 25.1 Å². The fourth-order valence-electron chi connectivity index (χ4n) is 4.00. The summed E-state index contributed by atoms with van der Waals surface area (Å²) in [6, 6.07) is 3.03. The molecule has 1 unspecified atom stereocenters. The molecule has 0 radical (unpaired) electrons. The smallest absolute Gasteiger partial charge is 0.404 e. The summed E-state index contributed by atoms with van der Waals surface area (Å²) in [5, 5.41) is 22.0. The lowest BCUT2D eigenvalue weighted by Crippen LogP contribution is -2.34. The molecule has 2 N–H and O–H groups in total. The van der Waals surface area contributed by atoms with E-state index in [2.05, 4.69) is 46.2 Å². The number of aromatic nitrogens is 4. The number of pyridine rings is 1. The largest absolute Gasteiger partial charge is 0.465 e. The average Bonchev–Trinajstić information content (AvgIpc) is 3.38. The third-order valence-electron chi connectivity index (χ3n) is 5.62. The number of amides is 1. The Labute approximate surface area is 192 Å². The van der Waals surface area contributed by atoms with Crippen molar-refractivity contribution in [3.05, 3.63) is 35.6 Å². The van der Waals surface area contributed by atoms with Gasteiger partial charge in [-0.15, -0.1) is 10.2 Å². The van der Waals surface area contributed by atoms with Crippen LogP contribution in [0.2, 0.25) is 25.7 Å². The first-order valence-corrected chi connectivity index (χ1v) is 15.4. The van der Waals surface area contributed by atoms with Gasteiger partial charge in [0.1, 0.15) is 22.9 Å². The number of allylic oxidation sites excluding steroid dienone is 1. The number of hydrogen-bond donors (Lipinski definition) is 2. The van der Waals surface area contributed by atoms with Crippen LogP contribution in [0.5, 0.6) is 0 Å². The zero-order valence-corrected chi connectivity index (χ0v) is 20.5. The van der Waals surface area contributed by atoms with Gasteiger partial charge in [0, 0.05) is 44.1 Å². The Morgan fingerprint density at radius 3 is 2.94 bits per heavy atom. The Hall–Kier alpha value is -2.56. The van der Waals surface area contributed by atoms with Gasteiger partial charge < -0.3 is 19.7 Å². The van der Waals surface area contributed by atoms with Crippen LogP contribution in [-0.4, -0.2) is 51.7 Å². The molecule has 0 aromatic carbocycles. The van der Waals surface area contributed by atoms with E-state index in [1.165, 1.54) is 11.3 Å². The summed E-state index contributed by atoms with van der Waals surface area (Å²) < 4.78 is 8.05. The van der Waals surface area contributed by atoms with Gasteiger partial charge in [-0.3, -0.25) is 0 Å². The van der Waals surface area contributed by atoms with Crippen LogP contribution in [-0.2, 0) is 11.5 Å². The second-order valence-corrected chi connectivity index (χ2v) is 15.8. The highest BCUT2D eigenvalue weighted by atomic mass is 32.1. The minimum absolute atomic E-state index is 0.0901. The van der Waals surface area contributed by atoms with E-state index < -0.39 is 14.2 Å². The van der Waals surface area contributed by atoms with E-state index in [9.17, 15) is 4.79 Å². The Morgan fingerprint density at radius 2 is 2.22 bits per heavy atom. The van der Waals surface area contributed by atoms with Gasteiger partial charge in [0.15, 0.2) is 0 Å². The Kier molecular flexibility index (Phi) is 6.73. The topological polar surface area (TPSA) is 102 Å². The molecule has 0 fully saturated rings. The van der Waals surface area contributed by atoms with Crippen molar-refractivity contribution >= 4 is 42.1 Å². The van der Waals surface area contributed by atoms with Crippen LogP contribution < -0.4 is 5.32 Å². The lowest BCUT2D eigenvalue weighted by Gasteiger charge is -2.23. The van der Waals surface area contributed by atoms with Gasteiger partial charge in [-0.2, -0.15) is 0 Å². The normalized spacial score (nSPS) is 16.8. The fraction of sp³-hybridized carbons (Fsp3) is 0.455. The Morgan fingerprint density at radius 1 is 1.38 bits per heavy atom. The molecule has 3 heterocycles. The third-order valence-corrected chi connectivity index (χ3v) is 8.05. The summed E-state index contributed by atoms with van der Waals surface area (Å²) in [7, 11) is -1.16. The summed E-state index contributed by atoms with van der Waals surface area (Å²) in [4.78, 5) is 15.8. The maximum Gasteiger partial charge on any atom is 0.404 e. The second kappa shape index (κ2) is 9.51. The molecule has 3 aromatic rings. The molecule has 1 amide bonds. The number of hydrogen-bond acceptors (Lipinski definition) is 6. The monoisotopic (exact) mass is 471 g/mol. The van der Waals surface area contributed by atoms with E-state index in [1.54, 1.807) is 5.51 Å². The molecule has 0 spiro atoms. The second-order valence-electron chi connectivity index (χ2n) is 9.32. The minimum Gasteiger partial charge on any atom is -0.465 e. The van der Waals surface area contributed by atoms with Gasteiger partial charge in [-0.1, -0.05) is 37.1 Å². The predicted octanol–water partition coefficient (Wildman–Crippen LogP) is 5.07. The first-order chi connectivity index (χ1) is 15.3. The number of carboxylic acid groups (broad SMARTS) is 1. The Bertz CT molecular complexity index is 1120. The zero-order chi connectivity index (χ0) is 22.7. The molecule has 32 heavy (non-hydrogen) atoms. The summed E-state index contributed by atoms with van der Waals surface area (Å²) in [6.07, 6.45) is 7.38. The molecular formula is C22H29N5O3SSi. The average molecular weight is 472 g/mol. The molecule has 0 bridgehead atoms. The Balaban J connectivity index is 1.69. The van der Waals surface area contributed by atoms with Crippen LogP contribution in [0.15, 0.2) is 30.0 Å².